The van der Waals surface area contributed by atoms with Crippen molar-refractivity contribution in [3.8, 4) is 5.75 Å². The molecule has 0 aliphatic rings. The molecule has 0 fully saturated rings. The Morgan fingerprint density at radius 3 is 2.36 bits per heavy atom. The third kappa shape index (κ3) is 8.58. The lowest BCUT2D eigenvalue weighted by atomic mass is 10.2. The Morgan fingerprint density at radius 1 is 1.12 bits per heavy atom. The molecule has 0 spiro atoms. The number of hydrogen-bond donors (Lipinski definition) is 1. The maximum absolute atomic E-state index is 10.1. The normalized spacial score (nSPS) is 9.72. The van der Waals surface area contributed by atoms with Gasteiger partial charge in [0, 0.05) is 29.4 Å². The molecule has 2 rings (SSSR count). The van der Waals surface area contributed by atoms with Crippen molar-refractivity contribution in [3.63, 3.8) is 0 Å². The van der Waals surface area contributed by atoms with E-state index in [1.165, 1.54) is 0 Å². The molecule has 130 valence electrons. The van der Waals surface area contributed by atoms with Gasteiger partial charge in [-0.1, -0.05) is 54.6 Å². The van der Waals surface area contributed by atoms with E-state index in [-0.39, 0.29) is 0 Å². The summed E-state index contributed by atoms with van der Waals surface area (Å²) >= 11 is 5.55. The van der Waals surface area contributed by atoms with Crippen LogP contribution in [0.2, 0.25) is 5.02 Å². The molecule has 0 aromatic heterocycles. The first-order valence-electron chi connectivity index (χ1n) is 7.63. The minimum atomic E-state index is 0.594. The lowest BCUT2D eigenvalue weighted by Crippen LogP contribution is -1.92. The van der Waals surface area contributed by atoms with Crippen molar-refractivity contribution < 1.29 is 9.53 Å². The number of carbonyl (C=O) groups excluding carboxylic acids is 1. The standard InChI is InChI=1S/C14H17NO.C7H5ClO/c1-11(2)8-9-12(3)16-14-7-5-6-13(10-14)15-4;8-7-3-1-6(5-9)2-4-7/h5-10,15H,1,3H2,2,4H3;1-5H/b9-8-;. The summed E-state index contributed by atoms with van der Waals surface area (Å²) in [5.41, 5.74) is 2.63. The predicted octanol–water partition coefficient (Wildman–Crippen LogP) is 5.91. The number of ether oxygens (including phenoxy) is 1. The number of halogens is 1. The Labute approximate surface area is 154 Å². The Kier molecular flexibility index (Phi) is 8.83. The highest BCUT2D eigenvalue weighted by Crippen LogP contribution is 2.19. The summed E-state index contributed by atoms with van der Waals surface area (Å²) in [6.07, 6.45) is 4.45. The minimum absolute atomic E-state index is 0.594. The van der Waals surface area contributed by atoms with Crippen LogP contribution in [0.4, 0.5) is 5.69 Å². The lowest BCUT2D eigenvalue weighted by molar-refractivity contribution is 0.112. The smallest absolute Gasteiger partial charge is 0.150 e. The summed E-state index contributed by atoms with van der Waals surface area (Å²) in [5.74, 6) is 1.36. The number of nitrogens with one attached hydrogen (secondary N) is 1. The molecule has 2 aromatic rings. The van der Waals surface area contributed by atoms with E-state index in [2.05, 4.69) is 18.5 Å². The molecule has 25 heavy (non-hydrogen) atoms. The number of aldehydes is 1. The molecule has 0 amide bonds. The second-order valence-corrected chi connectivity index (χ2v) is 5.63. The van der Waals surface area contributed by atoms with Crippen molar-refractivity contribution in [1.29, 1.82) is 0 Å². The molecular formula is C21H22ClNO2. The maximum atomic E-state index is 10.1. The van der Waals surface area contributed by atoms with Crippen LogP contribution < -0.4 is 10.1 Å². The molecule has 0 radical (unpaired) electrons. The van der Waals surface area contributed by atoms with E-state index in [9.17, 15) is 4.79 Å². The maximum Gasteiger partial charge on any atom is 0.150 e. The SMILES string of the molecule is C=C(C)/C=C\C(=C)Oc1cccc(NC)c1.O=Cc1ccc(Cl)cc1. The zero-order valence-corrected chi connectivity index (χ0v) is 15.2. The molecule has 0 saturated carbocycles. The molecule has 2 aromatic carbocycles. The summed E-state index contributed by atoms with van der Waals surface area (Å²) < 4.78 is 5.54. The highest BCUT2D eigenvalue weighted by molar-refractivity contribution is 6.30. The first-order valence-corrected chi connectivity index (χ1v) is 8.01. The minimum Gasteiger partial charge on any atom is -0.458 e. The van der Waals surface area contributed by atoms with Crippen molar-refractivity contribution in [1.82, 2.24) is 0 Å². The highest BCUT2D eigenvalue weighted by atomic mass is 35.5. The average Bonchev–Trinajstić information content (AvgIpc) is 2.61. The summed E-state index contributed by atoms with van der Waals surface area (Å²) in [7, 11) is 1.87. The molecule has 3 nitrogen and oxygen atoms in total. The molecule has 0 bridgehead atoms. The van der Waals surface area contributed by atoms with Gasteiger partial charge >= 0.3 is 0 Å². The van der Waals surface area contributed by atoms with Gasteiger partial charge in [0.05, 0.1) is 0 Å². The Balaban J connectivity index is 0.000000293. The van der Waals surface area contributed by atoms with Crippen LogP contribution in [0.15, 0.2) is 85.2 Å². The molecule has 0 heterocycles. The second-order valence-electron chi connectivity index (χ2n) is 5.20. The number of rotatable bonds is 6. The van der Waals surface area contributed by atoms with E-state index in [1.54, 1.807) is 30.3 Å². The lowest BCUT2D eigenvalue weighted by Gasteiger charge is -2.07. The number of hydrogen-bond acceptors (Lipinski definition) is 3. The summed E-state index contributed by atoms with van der Waals surface area (Å²) in [6.45, 7) is 9.50. The monoisotopic (exact) mass is 355 g/mol. The van der Waals surface area contributed by atoms with Crippen molar-refractivity contribution in [2.45, 2.75) is 6.92 Å². The van der Waals surface area contributed by atoms with E-state index in [4.69, 9.17) is 16.3 Å². The average molecular weight is 356 g/mol. The number of carbonyl (C=O) groups is 1. The number of allylic oxidation sites excluding steroid dienone is 3. The van der Waals surface area contributed by atoms with Gasteiger partial charge in [-0.2, -0.15) is 0 Å². The second kappa shape index (κ2) is 10.9. The summed E-state index contributed by atoms with van der Waals surface area (Å²) in [6, 6.07) is 14.4. The summed E-state index contributed by atoms with van der Waals surface area (Å²) in [4.78, 5) is 10.1. The van der Waals surface area contributed by atoms with Crippen LogP contribution in [-0.2, 0) is 0 Å². The largest absolute Gasteiger partial charge is 0.458 e. The van der Waals surface area contributed by atoms with E-state index >= 15 is 0 Å². The van der Waals surface area contributed by atoms with E-state index < -0.39 is 0 Å². The Bertz CT molecular complexity index is 749. The van der Waals surface area contributed by atoms with Crippen molar-refractivity contribution >= 4 is 23.6 Å². The van der Waals surface area contributed by atoms with Gasteiger partial charge in [-0.25, -0.2) is 0 Å². The van der Waals surface area contributed by atoms with Crippen LogP contribution in [-0.4, -0.2) is 13.3 Å². The number of anilines is 1. The molecule has 0 aliphatic heterocycles. The van der Waals surface area contributed by atoms with Gasteiger partial charge in [-0.15, -0.1) is 0 Å². The fourth-order valence-electron chi connectivity index (χ4n) is 1.68. The van der Waals surface area contributed by atoms with Crippen LogP contribution in [0.25, 0.3) is 0 Å². The third-order valence-electron chi connectivity index (χ3n) is 2.93. The zero-order chi connectivity index (χ0) is 18.7. The first-order chi connectivity index (χ1) is 11.9. The van der Waals surface area contributed by atoms with Crippen LogP contribution in [0.1, 0.15) is 17.3 Å². The van der Waals surface area contributed by atoms with E-state index in [0.29, 0.717) is 16.3 Å². The highest BCUT2D eigenvalue weighted by Gasteiger charge is 1.96. The predicted molar refractivity (Wildman–Crippen MR) is 107 cm³/mol. The van der Waals surface area contributed by atoms with E-state index in [1.807, 2.05) is 44.3 Å². The van der Waals surface area contributed by atoms with Gasteiger partial charge in [-0.05, 0) is 37.3 Å². The molecule has 4 heteroatoms. The van der Waals surface area contributed by atoms with Gasteiger partial charge in [0.1, 0.15) is 17.8 Å². The molecular weight excluding hydrogens is 334 g/mol. The van der Waals surface area contributed by atoms with Gasteiger partial charge in [0.25, 0.3) is 0 Å². The number of benzene rings is 2. The van der Waals surface area contributed by atoms with Crippen molar-refractivity contribution in [2.24, 2.45) is 0 Å². The van der Waals surface area contributed by atoms with Gasteiger partial charge in [-0.3, -0.25) is 4.79 Å². The van der Waals surface area contributed by atoms with Crippen LogP contribution in [0, 0.1) is 0 Å². The zero-order valence-electron chi connectivity index (χ0n) is 14.5. The quantitative estimate of drug-likeness (QED) is 0.398. The fourth-order valence-corrected chi connectivity index (χ4v) is 1.80. The van der Waals surface area contributed by atoms with Crippen molar-refractivity contribution in [3.05, 3.63) is 95.8 Å². The molecule has 0 atom stereocenters. The van der Waals surface area contributed by atoms with Gasteiger partial charge in [0.2, 0.25) is 0 Å². The van der Waals surface area contributed by atoms with E-state index in [0.717, 1.165) is 23.3 Å². The van der Waals surface area contributed by atoms with Crippen molar-refractivity contribution in [2.75, 3.05) is 12.4 Å². The topological polar surface area (TPSA) is 38.3 Å². The third-order valence-corrected chi connectivity index (χ3v) is 3.18. The molecule has 0 aliphatic carbocycles. The Morgan fingerprint density at radius 2 is 1.80 bits per heavy atom. The van der Waals surface area contributed by atoms with Crippen LogP contribution in [0.5, 0.6) is 5.75 Å². The fraction of sp³-hybridized carbons (Fsp3) is 0.0952. The molecule has 0 saturated heterocycles. The molecule has 0 unspecified atom stereocenters. The summed E-state index contributed by atoms with van der Waals surface area (Å²) in [5, 5.41) is 3.70. The first kappa shape index (κ1) is 20.3. The van der Waals surface area contributed by atoms with Gasteiger partial charge in [0.15, 0.2) is 0 Å². The molecule has 1 N–H and O–H groups in total. The van der Waals surface area contributed by atoms with Crippen LogP contribution in [0.3, 0.4) is 0 Å². The Hall–Kier alpha value is -2.78. The van der Waals surface area contributed by atoms with Gasteiger partial charge < -0.3 is 10.1 Å². The van der Waals surface area contributed by atoms with Crippen LogP contribution >= 0.6 is 11.6 Å².